The van der Waals surface area contributed by atoms with Crippen molar-refractivity contribution in [3.8, 4) is 5.75 Å². The fraction of sp³-hybridized carbons (Fsp3) is 0.278. The second-order valence-electron chi connectivity index (χ2n) is 5.48. The molecule has 2 rings (SSSR count). The third kappa shape index (κ3) is 4.96. The second-order valence-corrected chi connectivity index (χ2v) is 5.48. The number of nitrogens with one attached hydrogen (secondary N) is 1. The molecule has 0 unspecified atom stereocenters. The maximum atomic E-state index is 13.6. The number of likely N-dealkylation sites (N-methyl/N-ethyl adjacent to an activating group) is 1. The van der Waals surface area contributed by atoms with Crippen LogP contribution in [0.1, 0.15) is 12.5 Å². The van der Waals surface area contributed by atoms with Gasteiger partial charge < -0.3 is 10.1 Å². The van der Waals surface area contributed by atoms with Crippen molar-refractivity contribution in [1.82, 2.24) is 4.90 Å². The molecule has 1 amide bonds. The predicted octanol–water partition coefficient (Wildman–Crippen LogP) is 3.57. The molecule has 0 saturated carbocycles. The van der Waals surface area contributed by atoms with Gasteiger partial charge in [-0.2, -0.15) is 0 Å². The molecule has 0 aliphatic carbocycles. The molecule has 0 bridgehead atoms. The van der Waals surface area contributed by atoms with Crippen molar-refractivity contribution in [2.24, 2.45) is 0 Å². The van der Waals surface area contributed by atoms with Gasteiger partial charge in [0.25, 0.3) is 0 Å². The molecule has 0 spiro atoms. The largest absolute Gasteiger partial charge is 0.494 e. The van der Waals surface area contributed by atoms with Gasteiger partial charge >= 0.3 is 0 Å². The Morgan fingerprint density at radius 2 is 1.84 bits per heavy atom. The van der Waals surface area contributed by atoms with E-state index in [1.54, 1.807) is 11.9 Å². The zero-order chi connectivity index (χ0) is 18.4. The number of carbonyl (C=O) groups excluding carboxylic acids is 1. The van der Waals surface area contributed by atoms with Crippen LogP contribution in [0.3, 0.4) is 0 Å². The Balaban J connectivity index is 1.98. The Hall–Kier alpha value is -2.54. The number of benzene rings is 2. The van der Waals surface area contributed by atoms with Crippen LogP contribution < -0.4 is 10.1 Å². The molecule has 7 heteroatoms. The monoisotopic (exact) mass is 352 g/mol. The van der Waals surface area contributed by atoms with Gasteiger partial charge in [-0.25, -0.2) is 13.2 Å². The van der Waals surface area contributed by atoms with Crippen molar-refractivity contribution in [3.63, 3.8) is 0 Å². The highest BCUT2D eigenvalue weighted by Crippen LogP contribution is 2.21. The first kappa shape index (κ1) is 18.8. The number of carbonyl (C=O) groups is 1. The first-order valence-corrected chi connectivity index (χ1v) is 7.75. The van der Waals surface area contributed by atoms with Gasteiger partial charge in [0, 0.05) is 12.1 Å². The number of nitrogens with zero attached hydrogens (tertiary/aromatic N) is 1. The normalized spacial score (nSPS) is 10.8. The first-order valence-electron chi connectivity index (χ1n) is 7.75. The van der Waals surface area contributed by atoms with Crippen LogP contribution in [0.25, 0.3) is 0 Å². The van der Waals surface area contributed by atoms with Gasteiger partial charge in [0.1, 0.15) is 5.75 Å². The molecule has 0 aromatic heterocycles. The highest BCUT2D eigenvalue weighted by Gasteiger charge is 2.16. The lowest BCUT2D eigenvalue weighted by atomic mass is 10.2. The molecule has 0 aliphatic rings. The van der Waals surface area contributed by atoms with E-state index in [1.165, 1.54) is 0 Å². The molecule has 0 saturated heterocycles. The molecule has 0 fully saturated rings. The number of amides is 1. The van der Waals surface area contributed by atoms with Gasteiger partial charge in [-0.1, -0.05) is 18.2 Å². The van der Waals surface area contributed by atoms with E-state index in [2.05, 4.69) is 5.32 Å². The summed E-state index contributed by atoms with van der Waals surface area (Å²) in [4.78, 5) is 13.7. The quantitative estimate of drug-likeness (QED) is 0.775. The van der Waals surface area contributed by atoms with E-state index in [9.17, 15) is 18.0 Å². The standard InChI is InChI=1S/C18H19F3N2O2/c1-3-25-15-7-5-4-6-12(15)10-23(2)11-16(24)22-14-9-8-13(19)17(20)18(14)21/h4-9H,3,10-11H2,1-2H3,(H,22,24). The van der Waals surface area contributed by atoms with Crippen molar-refractivity contribution in [2.45, 2.75) is 13.5 Å². The molecule has 25 heavy (non-hydrogen) atoms. The molecular formula is C18H19F3N2O2. The van der Waals surface area contributed by atoms with Gasteiger partial charge in [-0.15, -0.1) is 0 Å². The molecule has 2 aromatic rings. The molecule has 0 aliphatic heterocycles. The van der Waals surface area contributed by atoms with Crippen molar-refractivity contribution >= 4 is 11.6 Å². The van der Waals surface area contributed by atoms with Crippen molar-refractivity contribution in [3.05, 3.63) is 59.4 Å². The summed E-state index contributed by atoms with van der Waals surface area (Å²) >= 11 is 0. The number of hydrogen-bond donors (Lipinski definition) is 1. The SMILES string of the molecule is CCOc1ccccc1CN(C)CC(=O)Nc1ccc(F)c(F)c1F. The summed E-state index contributed by atoms with van der Waals surface area (Å²) in [5.74, 6) is -4.15. The number of rotatable bonds is 7. The summed E-state index contributed by atoms with van der Waals surface area (Å²) in [6.07, 6.45) is 0. The highest BCUT2D eigenvalue weighted by atomic mass is 19.2. The van der Waals surface area contributed by atoms with E-state index in [4.69, 9.17) is 4.74 Å². The zero-order valence-corrected chi connectivity index (χ0v) is 14.0. The molecule has 2 aromatic carbocycles. The van der Waals surface area contributed by atoms with Crippen LogP contribution in [0.4, 0.5) is 18.9 Å². The Morgan fingerprint density at radius 3 is 2.56 bits per heavy atom. The zero-order valence-electron chi connectivity index (χ0n) is 14.0. The minimum Gasteiger partial charge on any atom is -0.494 e. The molecule has 4 nitrogen and oxygen atoms in total. The van der Waals surface area contributed by atoms with Crippen molar-refractivity contribution in [2.75, 3.05) is 25.5 Å². The smallest absolute Gasteiger partial charge is 0.238 e. The number of para-hydroxylation sites is 1. The Kier molecular flexibility index (Phi) is 6.41. The minimum atomic E-state index is -1.61. The summed E-state index contributed by atoms with van der Waals surface area (Å²) in [5.41, 5.74) is 0.505. The Morgan fingerprint density at radius 1 is 1.12 bits per heavy atom. The Bertz CT molecular complexity index is 753. The molecular weight excluding hydrogens is 333 g/mol. The van der Waals surface area contributed by atoms with E-state index < -0.39 is 29.0 Å². The summed E-state index contributed by atoms with van der Waals surface area (Å²) < 4.78 is 45.2. The van der Waals surface area contributed by atoms with Crippen LogP contribution in [0.5, 0.6) is 5.75 Å². The van der Waals surface area contributed by atoms with E-state index in [-0.39, 0.29) is 6.54 Å². The second kappa shape index (κ2) is 8.53. The van der Waals surface area contributed by atoms with Crippen LogP contribution >= 0.6 is 0 Å². The van der Waals surface area contributed by atoms with E-state index in [0.29, 0.717) is 13.2 Å². The minimum absolute atomic E-state index is 0.0567. The van der Waals surface area contributed by atoms with Crippen molar-refractivity contribution < 1.29 is 22.7 Å². The average molecular weight is 352 g/mol. The van der Waals surface area contributed by atoms with Gasteiger partial charge in [-0.3, -0.25) is 9.69 Å². The molecule has 0 atom stereocenters. The number of anilines is 1. The molecule has 134 valence electrons. The lowest BCUT2D eigenvalue weighted by molar-refractivity contribution is -0.117. The Labute approximate surface area is 144 Å². The van der Waals surface area contributed by atoms with Crippen LogP contribution in [0.15, 0.2) is 36.4 Å². The van der Waals surface area contributed by atoms with Gasteiger partial charge in [0.15, 0.2) is 17.5 Å². The average Bonchev–Trinajstić information content (AvgIpc) is 2.57. The van der Waals surface area contributed by atoms with Crippen LogP contribution in [-0.2, 0) is 11.3 Å². The van der Waals surface area contributed by atoms with Gasteiger partial charge in [-0.05, 0) is 32.2 Å². The first-order chi connectivity index (χ1) is 11.9. The summed E-state index contributed by atoms with van der Waals surface area (Å²) in [7, 11) is 1.71. The van der Waals surface area contributed by atoms with Gasteiger partial charge in [0.05, 0.1) is 18.8 Å². The molecule has 0 heterocycles. The maximum absolute atomic E-state index is 13.6. The van der Waals surface area contributed by atoms with Crippen molar-refractivity contribution in [1.29, 1.82) is 0 Å². The highest BCUT2D eigenvalue weighted by molar-refractivity contribution is 5.92. The maximum Gasteiger partial charge on any atom is 0.238 e. The fourth-order valence-corrected chi connectivity index (χ4v) is 2.33. The number of hydrogen-bond acceptors (Lipinski definition) is 3. The lowest BCUT2D eigenvalue weighted by Gasteiger charge is -2.18. The van der Waals surface area contributed by atoms with E-state index in [1.807, 2.05) is 31.2 Å². The van der Waals surface area contributed by atoms with Crippen LogP contribution in [0.2, 0.25) is 0 Å². The van der Waals surface area contributed by atoms with Gasteiger partial charge in [0.2, 0.25) is 5.91 Å². The van der Waals surface area contributed by atoms with E-state index >= 15 is 0 Å². The lowest BCUT2D eigenvalue weighted by Crippen LogP contribution is -2.30. The molecule has 1 N–H and O–H groups in total. The summed E-state index contributed by atoms with van der Waals surface area (Å²) in [6, 6.07) is 9.18. The van der Waals surface area contributed by atoms with E-state index in [0.717, 1.165) is 23.4 Å². The fourth-order valence-electron chi connectivity index (χ4n) is 2.33. The molecule has 0 radical (unpaired) electrons. The summed E-state index contributed by atoms with van der Waals surface area (Å²) in [6.45, 7) is 2.78. The number of halogens is 3. The summed E-state index contributed by atoms with van der Waals surface area (Å²) in [5, 5.41) is 2.24. The third-order valence-corrected chi connectivity index (χ3v) is 3.44. The van der Waals surface area contributed by atoms with Crippen LogP contribution in [0, 0.1) is 17.5 Å². The topological polar surface area (TPSA) is 41.6 Å². The predicted molar refractivity (Wildman–Crippen MR) is 88.9 cm³/mol. The number of ether oxygens (including phenoxy) is 1. The van der Waals surface area contributed by atoms with Crippen LogP contribution in [-0.4, -0.2) is 31.0 Å². The third-order valence-electron chi connectivity index (χ3n) is 3.44.